The van der Waals surface area contributed by atoms with Gasteiger partial charge in [-0.1, -0.05) is 36.4 Å². The molecule has 2 aromatic carbocycles. The van der Waals surface area contributed by atoms with Gasteiger partial charge in [-0.25, -0.2) is 0 Å². The largest absolute Gasteiger partial charge is 0.494 e. The zero-order valence-corrected chi connectivity index (χ0v) is 26.7. The Labute approximate surface area is 263 Å². The molecule has 2 aromatic rings. The van der Waals surface area contributed by atoms with Crippen LogP contribution in [-0.4, -0.2) is 76.1 Å². The maximum absolute atomic E-state index is 14.8. The van der Waals surface area contributed by atoms with Crippen LogP contribution in [0, 0.1) is 25.7 Å². The van der Waals surface area contributed by atoms with Gasteiger partial charge in [-0.15, -0.1) is 11.8 Å². The molecule has 9 heteroatoms. The molecule has 5 atom stereocenters. The third kappa shape index (κ3) is 4.85. The Morgan fingerprint density at radius 1 is 0.909 bits per heavy atom. The fraction of sp³-hybridized carbons (Fsp3) is 0.457. The van der Waals surface area contributed by atoms with E-state index >= 15 is 0 Å². The third-order valence-electron chi connectivity index (χ3n) is 9.48. The fourth-order valence-electron chi connectivity index (χ4n) is 7.50. The highest BCUT2D eigenvalue weighted by Crippen LogP contribution is 2.65. The lowest BCUT2D eigenvalue weighted by atomic mass is 9.74. The number of thioether (sulfide) groups is 1. The van der Waals surface area contributed by atoms with Crippen LogP contribution in [0.4, 0.5) is 11.4 Å². The van der Waals surface area contributed by atoms with Crippen molar-refractivity contribution in [3.05, 3.63) is 77.9 Å². The van der Waals surface area contributed by atoms with E-state index in [9.17, 15) is 19.5 Å². The van der Waals surface area contributed by atoms with Crippen LogP contribution in [0.2, 0.25) is 0 Å². The number of nitrogens with zero attached hydrogens (tertiary/aromatic N) is 3. The summed E-state index contributed by atoms with van der Waals surface area (Å²) in [5.41, 5.74) is 3.62. The van der Waals surface area contributed by atoms with Crippen molar-refractivity contribution in [2.45, 2.75) is 56.1 Å². The first-order chi connectivity index (χ1) is 21.1. The summed E-state index contributed by atoms with van der Waals surface area (Å²) in [6, 6.07) is 12.8. The topological polar surface area (TPSA) is 90.4 Å². The summed E-state index contributed by atoms with van der Waals surface area (Å²) < 4.78 is 4.01. The van der Waals surface area contributed by atoms with Gasteiger partial charge in [-0.05, 0) is 82.0 Å². The molecule has 0 saturated carbocycles. The molecule has 3 amide bonds. The smallest absolute Gasteiger partial charge is 0.251 e. The van der Waals surface area contributed by atoms with E-state index in [1.54, 1.807) is 26.5 Å². The van der Waals surface area contributed by atoms with Crippen molar-refractivity contribution in [3.8, 4) is 5.75 Å². The summed E-state index contributed by atoms with van der Waals surface area (Å²) in [5, 5.41) is 9.52. The Balaban J connectivity index is 1.43. The molecule has 1 spiro atoms. The fourth-order valence-corrected chi connectivity index (χ4v) is 9.66. The van der Waals surface area contributed by atoms with Crippen molar-refractivity contribution in [1.29, 1.82) is 0 Å². The second-order valence-corrected chi connectivity index (χ2v) is 14.2. The lowest BCUT2D eigenvalue weighted by molar-refractivity contribution is -0.139. The number of anilines is 2. The molecule has 0 bridgehead atoms. The highest BCUT2D eigenvalue weighted by Gasteiger charge is 2.74. The monoisotopic (exact) mass is 615 g/mol. The summed E-state index contributed by atoms with van der Waals surface area (Å²) in [7, 11) is 0. The molecular weight excluding hydrogens is 574 g/mol. The number of hydrogen-bond acceptors (Lipinski definition) is 6. The summed E-state index contributed by atoms with van der Waals surface area (Å²) >= 11 is 1.59. The number of carbonyl (C=O) groups is 3. The second kappa shape index (κ2) is 11.7. The Kier molecular flexibility index (Phi) is 8.13. The summed E-state index contributed by atoms with van der Waals surface area (Å²) in [4.78, 5) is 49.3. The van der Waals surface area contributed by atoms with Crippen molar-refractivity contribution in [3.63, 3.8) is 0 Å². The number of benzene rings is 2. The van der Waals surface area contributed by atoms with Crippen LogP contribution in [0.3, 0.4) is 0 Å². The average Bonchev–Trinajstić information content (AvgIpc) is 3.26. The number of fused-ring (bicyclic) bond motifs is 2. The van der Waals surface area contributed by atoms with E-state index in [1.807, 2.05) is 82.3 Å². The highest BCUT2D eigenvalue weighted by molar-refractivity contribution is 8.02. The van der Waals surface area contributed by atoms with Gasteiger partial charge < -0.3 is 24.5 Å². The number of unbranched alkanes of at least 4 members (excludes halogenated alkanes) is 1. The molecule has 4 heterocycles. The lowest BCUT2D eigenvalue weighted by Gasteiger charge is -2.37. The van der Waals surface area contributed by atoms with E-state index in [1.165, 1.54) is 0 Å². The molecule has 2 saturated heterocycles. The van der Waals surface area contributed by atoms with E-state index in [0.29, 0.717) is 39.1 Å². The minimum absolute atomic E-state index is 0.0134. The number of aliphatic hydroxyl groups is 1. The Morgan fingerprint density at radius 3 is 2.36 bits per heavy atom. The Bertz CT molecular complexity index is 1520. The molecule has 6 rings (SSSR count). The third-order valence-corrected chi connectivity index (χ3v) is 11.3. The van der Waals surface area contributed by atoms with Gasteiger partial charge in [0.15, 0.2) is 0 Å². The SMILES string of the molecule is CCOc1ccc(N2CC=C[C@@]3(C)S[C@]45C=CCN(c6cc(C)ccc6C)C(=O)C4N(CCCCO)C(=O)[C@@H]5[C@H]3C2=O)cc1. The number of amides is 3. The predicted molar refractivity (Wildman–Crippen MR) is 174 cm³/mol. The van der Waals surface area contributed by atoms with Crippen LogP contribution in [0.1, 0.15) is 37.8 Å². The van der Waals surface area contributed by atoms with Gasteiger partial charge in [0.25, 0.3) is 5.91 Å². The van der Waals surface area contributed by atoms with Crippen LogP contribution in [-0.2, 0) is 14.4 Å². The van der Waals surface area contributed by atoms with E-state index < -0.39 is 27.4 Å². The maximum Gasteiger partial charge on any atom is 0.251 e. The molecule has 0 aromatic heterocycles. The first kappa shape index (κ1) is 30.5. The van der Waals surface area contributed by atoms with Crippen LogP contribution < -0.4 is 14.5 Å². The Morgan fingerprint density at radius 2 is 1.64 bits per heavy atom. The molecule has 0 aliphatic carbocycles. The molecule has 1 unspecified atom stereocenters. The van der Waals surface area contributed by atoms with Gasteiger partial charge in [-0.2, -0.15) is 0 Å². The van der Waals surface area contributed by atoms with Crippen LogP contribution in [0.5, 0.6) is 5.75 Å². The molecule has 1 N–H and O–H groups in total. The zero-order valence-electron chi connectivity index (χ0n) is 25.9. The molecular formula is C35H41N3O5S. The van der Waals surface area contributed by atoms with Gasteiger partial charge >= 0.3 is 0 Å². The number of likely N-dealkylation sites (tertiary alicyclic amines) is 1. The normalized spacial score (nSPS) is 29.4. The maximum atomic E-state index is 14.8. The second-order valence-electron chi connectivity index (χ2n) is 12.4. The number of ether oxygens (including phenoxy) is 1. The minimum atomic E-state index is -0.916. The molecule has 2 fully saturated rings. The van der Waals surface area contributed by atoms with E-state index in [2.05, 4.69) is 12.2 Å². The van der Waals surface area contributed by atoms with Gasteiger partial charge in [-0.3, -0.25) is 14.4 Å². The van der Waals surface area contributed by atoms with E-state index in [-0.39, 0.29) is 24.3 Å². The zero-order chi connectivity index (χ0) is 31.2. The van der Waals surface area contributed by atoms with E-state index in [0.717, 1.165) is 28.3 Å². The first-order valence-electron chi connectivity index (χ1n) is 15.5. The molecule has 4 aliphatic heterocycles. The molecule has 4 aliphatic rings. The number of aliphatic hydroxyl groups excluding tert-OH is 1. The molecule has 8 nitrogen and oxygen atoms in total. The van der Waals surface area contributed by atoms with Gasteiger partial charge in [0.05, 0.1) is 23.2 Å². The number of aryl methyl sites for hydroxylation is 2. The highest BCUT2D eigenvalue weighted by atomic mass is 32.2. The first-order valence-corrected chi connectivity index (χ1v) is 16.4. The standard InChI is InChI=1S/C35H41N3O5S/c1-5-43-26-14-12-25(13-15-26)36-19-8-16-34(4)28(31(36)40)29-32(41)38(18-6-7-21-39)30-33(42)37(20-9-17-35(29,30)44-34)27-22-23(2)10-11-24(27)3/h8-17,22,28-30,39H,5-7,18-21H2,1-4H3/t28-,29-,30?,34+,35-/m0/s1. The molecule has 0 radical (unpaired) electrons. The predicted octanol–water partition coefficient (Wildman–Crippen LogP) is 4.67. The number of rotatable bonds is 8. The molecule has 232 valence electrons. The van der Waals surface area contributed by atoms with E-state index in [4.69, 9.17) is 4.74 Å². The minimum Gasteiger partial charge on any atom is -0.494 e. The van der Waals surface area contributed by atoms with Crippen LogP contribution in [0.25, 0.3) is 0 Å². The number of carbonyl (C=O) groups excluding carboxylic acids is 3. The summed E-state index contributed by atoms with van der Waals surface area (Å²) in [5.74, 6) is -1.05. The summed E-state index contributed by atoms with van der Waals surface area (Å²) in [6.07, 6.45) is 9.26. The van der Waals surface area contributed by atoms with Crippen molar-refractivity contribution in [2.24, 2.45) is 11.8 Å². The molecule has 44 heavy (non-hydrogen) atoms. The van der Waals surface area contributed by atoms with Crippen LogP contribution >= 0.6 is 11.8 Å². The van der Waals surface area contributed by atoms with Crippen molar-refractivity contribution in [1.82, 2.24) is 4.90 Å². The summed E-state index contributed by atoms with van der Waals surface area (Å²) in [6.45, 7) is 9.67. The van der Waals surface area contributed by atoms with Crippen molar-refractivity contribution >= 4 is 40.9 Å². The quantitative estimate of drug-likeness (QED) is 0.343. The van der Waals surface area contributed by atoms with Gasteiger partial charge in [0.1, 0.15) is 11.8 Å². The van der Waals surface area contributed by atoms with Crippen molar-refractivity contribution in [2.75, 3.05) is 42.6 Å². The lowest BCUT2D eigenvalue weighted by Crippen LogP contribution is -2.53. The average molecular weight is 616 g/mol. The number of hydrogen-bond donors (Lipinski definition) is 1. The van der Waals surface area contributed by atoms with Crippen LogP contribution in [0.15, 0.2) is 66.8 Å². The van der Waals surface area contributed by atoms with Crippen molar-refractivity contribution < 1.29 is 24.2 Å². The van der Waals surface area contributed by atoms with Gasteiger partial charge in [0, 0.05) is 42.4 Å². The van der Waals surface area contributed by atoms with Gasteiger partial charge in [0.2, 0.25) is 11.8 Å². The Hall–Kier alpha value is -3.56.